The van der Waals surface area contributed by atoms with E-state index in [0.29, 0.717) is 29.4 Å². The van der Waals surface area contributed by atoms with E-state index >= 15 is 0 Å². The lowest BCUT2D eigenvalue weighted by atomic mass is 10.0. The van der Waals surface area contributed by atoms with Crippen molar-refractivity contribution in [1.29, 1.82) is 0 Å². The first-order chi connectivity index (χ1) is 10.5. The van der Waals surface area contributed by atoms with Gasteiger partial charge in [0.1, 0.15) is 11.6 Å². The molecule has 0 aromatic carbocycles. The van der Waals surface area contributed by atoms with Crippen LogP contribution in [0.1, 0.15) is 33.1 Å². The van der Waals surface area contributed by atoms with E-state index in [2.05, 4.69) is 29.1 Å². The predicted octanol–water partition coefficient (Wildman–Crippen LogP) is 2.23. The second-order valence-corrected chi connectivity index (χ2v) is 6.84. The van der Waals surface area contributed by atoms with Gasteiger partial charge < -0.3 is 16.0 Å². The van der Waals surface area contributed by atoms with Crippen LogP contribution in [0.5, 0.6) is 0 Å². The minimum absolute atomic E-state index is 0.268. The lowest BCUT2D eigenvalue weighted by Gasteiger charge is -2.33. The van der Waals surface area contributed by atoms with E-state index in [9.17, 15) is 4.79 Å². The largest absolute Gasteiger partial charge is 0.383 e. The Bertz CT molecular complexity index is 515. The minimum atomic E-state index is 0.268. The number of piperidine rings is 1. The number of amides is 1. The van der Waals surface area contributed by atoms with E-state index in [-0.39, 0.29) is 5.91 Å². The molecule has 1 aliphatic rings. The van der Waals surface area contributed by atoms with Gasteiger partial charge in [-0.05, 0) is 25.0 Å². The number of carbonyl (C=O) groups excluding carboxylic acids is 1. The number of thioether (sulfide) groups is 1. The highest BCUT2D eigenvalue weighted by Crippen LogP contribution is 2.20. The molecule has 0 aliphatic carbocycles. The van der Waals surface area contributed by atoms with Gasteiger partial charge in [-0.1, -0.05) is 25.6 Å². The number of nitrogens with zero attached hydrogens (tertiary/aromatic N) is 3. The van der Waals surface area contributed by atoms with E-state index in [0.717, 1.165) is 31.7 Å². The summed E-state index contributed by atoms with van der Waals surface area (Å²) in [6, 6.07) is 2.09. The zero-order valence-electron chi connectivity index (χ0n) is 13.5. The standard InChI is InChI=1S/C15H25N5OS/c1-10(2)8-14(21)20-6-4-11(5-7-20)17-13-9-12(16)18-15(19-13)22-3/h9-11H,4-8H2,1-3H3,(H3,16,17,18,19). The van der Waals surface area contributed by atoms with Crippen molar-refractivity contribution < 1.29 is 4.79 Å². The molecule has 1 aromatic heterocycles. The van der Waals surface area contributed by atoms with Crippen LogP contribution in [0.3, 0.4) is 0 Å². The number of nitrogen functional groups attached to an aromatic ring is 1. The predicted molar refractivity (Wildman–Crippen MR) is 90.9 cm³/mol. The number of likely N-dealkylation sites (tertiary alicyclic amines) is 1. The van der Waals surface area contributed by atoms with Gasteiger partial charge in [0, 0.05) is 31.6 Å². The summed E-state index contributed by atoms with van der Waals surface area (Å²) in [5.74, 6) is 1.93. The topological polar surface area (TPSA) is 84.1 Å². The van der Waals surface area contributed by atoms with Gasteiger partial charge in [0.25, 0.3) is 0 Å². The molecule has 2 heterocycles. The first-order valence-electron chi connectivity index (χ1n) is 7.70. The summed E-state index contributed by atoms with van der Waals surface area (Å²) in [5.41, 5.74) is 5.79. The zero-order valence-corrected chi connectivity index (χ0v) is 14.3. The van der Waals surface area contributed by atoms with Crippen LogP contribution in [-0.4, -0.2) is 46.2 Å². The molecule has 1 fully saturated rings. The molecule has 22 heavy (non-hydrogen) atoms. The molecular weight excluding hydrogens is 298 g/mol. The summed E-state index contributed by atoms with van der Waals surface area (Å²) in [4.78, 5) is 22.6. The Hall–Kier alpha value is -1.50. The normalized spacial score (nSPS) is 16.1. The first kappa shape index (κ1) is 16.9. The molecule has 1 saturated heterocycles. The van der Waals surface area contributed by atoms with Gasteiger partial charge in [0.15, 0.2) is 5.16 Å². The molecule has 2 rings (SSSR count). The highest BCUT2D eigenvalue weighted by molar-refractivity contribution is 7.98. The van der Waals surface area contributed by atoms with E-state index < -0.39 is 0 Å². The van der Waals surface area contributed by atoms with Crippen molar-refractivity contribution in [2.45, 2.75) is 44.3 Å². The minimum Gasteiger partial charge on any atom is -0.383 e. The maximum Gasteiger partial charge on any atom is 0.222 e. The number of aromatic nitrogens is 2. The fourth-order valence-corrected chi connectivity index (χ4v) is 2.96. The van der Waals surface area contributed by atoms with Crippen molar-refractivity contribution in [1.82, 2.24) is 14.9 Å². The summed E-state index contributed by atoms with van der Waals surface area (Å²) in [7, 11) is 0. The van der Waals surface area contributed by atoms with Crippen molar-refractivity contribution in [3.8, 4) is 0 Å². The molecule has 1 amide bonds. The maximum atomic E-state index is 12.1. The lowest BCUT2D eigenvalue weighted by Crippen LogP contribution is -2.42. The molecule has 0 saturated carbocycles. The number of nitrogens with one attached hydrogen (secondary N) is 1. The van der Waals surface area contributed by atoms with Gasteiger partial charge >= 0.3 is 0 Å². The van der Waals surface area contributed by atoms with Gasteiger partial charge in [-0.2, -0.15) is 0 Å². The Morgan fingerprint density at radius 1 is 1.45 bits per heavy atom. The molecule has 0 radical (unpaired) electrons. The number of hydrogen-bond donors (Lipinski definition) is 2. The van der Waals surface area contributed by atoms with Crippen molar-refractivity contribution in [3.63, 3.8) is 0 Å². The van der Waals surface area contributed by atoms with Crippen molar-refractivity contribution >= 4 is 29.3 Å². The van der Waals surface area contributed by atoms with E-state index in [1.165, 1.54) is 11.8 Å². The van der Waals surface area contributed by atoms with Crippen LogP contribution in [0.2, 0.25) is 0 Å². The molecule has 0 spiro atoms. The Balaban J connectivity index is 1.87. The number of hydrogen-bond acceptors (Lipinski definition) is 6. The number of anilines is 2. The monoisotopic (exact) mass is 323 g/mol. The van der Waals surface area contributed by atoms with Gasteiger partial charge in [-0.15, -0.1) is 0 Å². The quantitative estimate of drug-likeness (QED) is 0.638. The van der Waals surface area contributed by atoms with Crippen molar-refractivity contribution in [2.24, 2.45) is 5.92 Å². The van der Waals surface area contributed by atoms with Gasteiger partial charge in [0.05, 0.1) is 0 Å². The van der Waals surface area contributed by atoms with Crippen molar-refractivity contribution in [3.05, 3.63) is 6.07 Å². The number of rotatable bonds is 5. The van der Waals surface area contributed by atoms with Crippen LogP contribution in [0.4, 0.5) is 11.6 Å². The SMILES string of the molecule is CSc1nc(N)cc(NC2CCN(C(=O)CC(C)C)CC2)n1. The molecule has 1 aromatic rings. The molecule has 122 valence electrons. The highest BCUT2D eigenvalue weighted by Gasteiger charge is 2.23. The second kappa shape index (κ2) is 7.67. The Labute approximate surface area is 136 Å². The Morgan fingerprint density at radius 3 is 2.73 bits per heavy atom. The van der Waals surface area contributed by atoms with Crippen LogP contribution in [0.15, 0.2) is 11.2 Å². The van der Waals surface area contributed by atoms with Crippen LogP contribution in [0.25, 0.3) is 0 Å². The first-order valence-corrected chi connectivity index (χ1v) is 8.93. The average Bonchev–Trinajstić information content (AvgIpc) is 2.46. The van der Waals surface area contributed by atoms with Crippen LogP contribution < -0.4 is 11.1 Å². The average molecular weight is 323 g/mol. The van der Waals surface area contributed by atoms with Gasteiger partial charge in [-0.3, -0.25) is 4.79 Å². The molecule has 6 nitrogen and oxygen atoms in total. The third-order valence-corrected chi connectivity index (χ3v) is 4.24. The summed E-state index contributed by atoms with van der Waals surface area (Å²) < 4.78 is 0. The Morgan fingerprint density at radius 2 is 2.14 bits per heavy atom. The molecule has 0 bridgehead atoms. The highest BCUT2D eigenvalue weighted by atomic mass is 32.2. The molecule has 0 atom stereocenters. The molecule has 7 heteroatoms. The fraction of sp³-hybridized carbons (Fsp3) is 0.667. The Kier molecular flexibility index (Phi) is 5.88. The summed E-state index contributed by atoms with van der Waals surface area (Å²) in [5, 5.41) is 4.09. The van der Waals surface area contributed by atoms with Crippen LogP contribution in [0, 0.1) is 5.92 Å². The maximum absolute atomic E-state index is 12.1. The summed E-state index contributed by atoms with van der Waals surface area (Å²) in [6.07, 6.45) is 4.43. The molecule has 0 unspecified atom stereocenters. The molecular formula is C15H25N5OS. The molecule has 3 N–H and O–H groups in total. The van der Waals surface area contributed by atoms with Gasteiger partial charge in [0.2, 0.25) is 5.91 Å². The molecule has 1 aliphatic heterocycles. The van der Waals surface area contributed by atoms with Crippen LogP contribution in [-0.2, 0) is 4.79 Å². The zero-order chi connectivity index (χ0) is 16.1. The fourth-order valence-electron chi connectivity index (χ4n) is 2.57. The summed E-state index contributed by atoms with van der Waals surface area (Å²) >= 11 is 1.47. The number of carbonyl (C=O) groups is 1. The van der Waals surface area contributed by atoms with Crippen LogP contribution >= 0.6 is 11.8 Å². The summed E-state index contributed by atoms with van der Waals surface area (Å²) in [6.45, 7) is 5.77. The second-order valence-electron chi connectivity index (χ2n) is 6.06. The van der Waals surface area contributed by atoms with E-state index in [1.807, 2.05) is 11.2 Å². The third-order valence-electron chi connectivity index (χ3n) is 3.69. The third kappa shape index (κ3) is 4.76. The number of nitrogens with two attached hydrogens (primary N) is 1. The van der Waals surface area contributed by atoms with E-state index in [4.69, 9.17) is 5.73 Å². The lowest BCUT2D eigenvalue weighted by molar-refractivity contribution is -0.132. The smallest absolute Gasteiger partial charge is 0.222 e. The van der Waals surface area contributed by atoms with Crippen molar-refractivity contribution in [2.75, 3.05) is 30.4 Å². The van der Waals surface area contributed by atoms with Gasteiger partial charge in [-0.25, -0.2) is 9.97 Å². The van der Waals surface area contributed by atoms with E-state index in [1.54, 1.807) is 6.07 Å².